The highest BCUT2D eigenvalue weighted by Crippen LogP contribution is 2.30. The van der Waals surface area contributed by atoms with Crippen molar-refractivity contribution in [2.75, 3.05) is 11.1 Å². The number of amides is 1. The van der Waals surface area contributed by atoms with Crippen LogP contribution in [0.2, 0.25) is 0 Å². The number of para-hydroxylation sites is 1. The summed E-state index contributed by atoms with van der Waals surface area (Å²) >= 11 is 1.45. The van der Waals surface area contributed by atoms with E-state index in [4.69, 9.17) is 0 Å². The predicted molar refractivity (Wildman–Crippen MR) is 93.8 cm³/mol. The van der Waals surface area contributed by atoms with Gasteiger partial charge in [-0.2, -0.15) is 0 Å². The molecule has 2 rings (SSSR count). The first-order valence-corrected chi connectivity index (χ1v) is 8.23. The van der Waals surface area contributed by atoms with E-state index in [9.17, 15) is 14.9 Å². The lowest BCUT2D eigenvalue weighted by Crippen LogP contribution is -2.15. The van der Waals surface area contributed by atoms with E-state index in [0.29, 0.717) is 0 Å². The molecule has 2 aromatic carbocycles. The number of benzene rings is 2. The molecule has 6 heteroatoms. The molecule has 0 spiro atoms. The molecular weight excluding hydrogens is 312 g/mol. The molecular formula is C17H18N2O3S. The van der Waals surface area contributed by atoms with Crippen molar-refractivity contribution in [3.05, 3.63) is 69.8 Å². The van der Waals surface area contributed by atoms with Gasteiger partial charge in [-0.25, -0.2) is 0 Å². The number of nitro benzene ring substituents is 1. The van der Waals surface area contributed by atoms with Crippen LogP contribution in [0.15, 0.2) is 48.5 Å². The van der Waals surface area contributed by atoms with Crippen molar-refractivity contribution in [2.45, 2.75) is 19.1 Å². The number of nitrogens with zero attached hydrogens (tertiary/aromatic N) is 1. The highest BCUT2D eigenvalue weighted by molar-refractivity contribution is 8.00. The maximum absolute atomic E-state index is 12.0. The number of hydrogen-bond acceptors (Lipinski definition) is 4. The smallest absolute Gasteiger partial charge is 0.269 e. The van der Waals surface area contributed by atoms with Crippen LogP contribution in [-0.4, -0.2) is 16.6 Å². The van der Waals surface area contributed by atoms with Crippen LogP contribution in [0.4, 0.5) is 11.4 Å². The zero-order valence-electron chi connectivity index (χ0n) is 13.0. The Labute approximate surface area is 139 Å². The lowest BCUT2D eigenvalue weighted by Gasteiger charge is -2.12. The molecule has 1 atom stereocenters. The molecule has 0 aromatic heterocycles. The zero-order valence-corrected chi connectivity index (χ0v) is 13.8. The third-order valence-corrected chi connectivity index (χ3v) is 4.64. The molecule has 0 saturated heterocycles. The average molecular weight is 330 g/mol. The van der Waals surface area contributed by atoms with Gasteiger partial charge in [0.05, 0.1) is 10.7 Å². The number of hydrogen-bond donors (Lipinski definition) is 1. The van der Waals surface area contributed by atoms with Crippen LogP contribution in [0.1, 0.15) is 23.3 Å². The summed E-state index contributed by atoms with van der Waals surface area (Å²) in [6, 6.07) is 14.1. The van der Waals surface area contributed by atoms with Gasteiger partial charge >= 0.3 is 0 Å². The van der Waals surface area contributed by atoms with Gasteiger partial charge in [0.2, 0.25) is 5.91 Å². The molecule has 5 nitrogen and oxygen atoms in total. The first-order chi connectivity index (χ1) is 11.0. The Kier molecular flexibility index (Phi) is 5.76. The SMILES string of the molecule is Cc1ccccc1NC(=O)CS[C@@H](C)c1cccc([N+](=O)[O-])c1. The maximum Gasteiger partial charge on any atom is 0.269 e. The number of anilines is 1. The van der Waals surface area contributed by atoms with Crippen molar-refractivity contribution in [1.29, 1.82) is 0 Å². The van der Waals surface area contributed by atoms with Crippen LogP contribution in [0.5, 0.6) is 0 Å². The number of rotatable bonds is 6. The molecule has 0 aliphatic rings. The number of nitro groups is 1. The van der Waals surface area contributed by atoms with E-state index < -0.39 is 4.92 Å². The topological polar surface area (TPSA) is 72.2 Å². The van der Waals surface area contributed by atoms with E-state index in [2.05, 4.69) is 5.32 Å². The number of thioether (sulfide) groups is 1. The highest BCUT2D eigenvalue weighted by Gasteiger charge is 2.13. The second kappa shape index (κ2) is 7.78. The van der Waals surface area contributed by atoms with E-state index in [0.717, 1.165) is 16.8 Å². The first kappa shape index (κ1) is 17.0. The van der Waals surface area contributed by atoms with E-state index in [-0.39, 0.29) is 22.6 Å². The fourth-order valence-corrected chi connectivity index (χ4v) is 2.90. The minimum Gasteiger partial charge on any atom is -0.325 e. The molecule has 120 valence electrons. The Balaban J connectivity index is 1.92. The van der Waals surface area contributed by atoms with Crippen molar-refractivity contribution in [1.82, 2.24) is 0 Å². The van der Waals surface area contributed by atoms with Gasteiger partial charge in [0.15, 0.2) is 0 Å². The molecule has 23 heavy (non-hydrogen) atoms. The molecule has 2 aromatic rings. The second-order valence-corrected chi connectivity index (χ2v) is 6.50. The number of non-ortho nitro benzene ring substituents is 1. The summed E-state index contributed by atoms with van der Waals surface area (Å²) in [4.78, 5) is 22.4. The van der Waals surface area contributed by atoms with Gasteiger partial charge in [0.25, 0.3) is 5.69 Å². The molecule has 0 saturated carbocycles. The largest absolute Gasteiger partial charge is 0.325 e. The van der Waals surface area contributed by atoms with Gasteiger partial charge in [0, 0.05) is 23.1 Å². The normalized spacial score (nSPS) is 11.7. The van der Waals surface area contributed by atoms with Crippen molar-refractivity contribution < 1.29 is 9.72 Å². The Hall–Kier alpha value is -2.34. The van der Waals surface area contributed by atoms with Gasteiger partial charge in [-0.3, -0.25) is 14.9 Å². The zero-order chi connectivity index (χ0) is 16.8. The fourth-order valence-electron chi connectivity index (χ4n) is 2.09. The van der Waals surface area contributed by atoms with E-state index in [1.165, 1.54) is 17.8 Å². The Morgan fingerprint density at radius 3 is 2.70 bits per heavy atom. The maximum atomic E-state index is 12.0. The van der Waals surface area contributed by atoms with Crippen molar-refractivity contribution in [3.63, 3.8) is 0 Å². The second-order valence-electron chi connectivity index (χ2n) is 5.17. The summed E-state index contributed by atoms with van der Waals surface area (Å²) in [7, 11) is 0. The molecule has 1 N–H and O–H groups in total. The average Bonchev–Trinajstić information content (AvgIpc) is 2.55. The van der Waals surface area contributed by atoms with Crippen molar-refractivity contribution in [2.24, 2.45) is 0 Å². The van der Waals surface area contributed by atoms with Crippen LogP contribution in [0.3, 0.4) is 0 Å². The number of carbonyl (C=O) groups is 1. The molecule has 0 fully saturated rings. The minimum absolute atomic E-state index is 0.00230. The lowest BCUT2D eigenvalue weighted by atomic mass is 10.1. The van der Waals surface area contributed by atoms with Gasteiger partial charge in [-0.05, 0) is 31.0 Å². The molecule has 0 aliphatic heterocycles. The van der Waals surface area contributed by atoms with Gasteiger partial charge in [0.1, 0.15) is 0 Å². The van der Waals surface area contributed by atoms with E-state index >= 15 is 0 Å². The number of aryl methyl sites for hydroxylation is 1. The van der Waals surface area contributed by atoms with E-state index in [1.807, 2.05) is 44.2 Å². The van der Waals surface area contributed by atoms with Crippen LogP contribution >= 0.6 is 11.8 Å². The van der Waals surface area contributed by atoms with Crippen LogP contribution in [-0.2, 0) is 4.79 Å². The summed E-state index contributed by atoms with van der Waals surface area (Å²) in [5, 5.41) is 13.7. The molecule has 0 heterocycles. The number of nitrogens with one attached hydrogen (secondary N) is 1. The van der Waals surface area contributed by atoms with Gasteiger partial charge in [-0.1, -0.05) is 30.3 Å². The van der Waals surface area contributed by atoms with E-state index in [1.54, 1.807) is 12.1 Å². The highest BCUT2D eigenvalue weighted by atomic mass is 32.2. The first-order valence-electron chi connectivity index (χ1n) is 7.19. The van der Waals surface area contributed by atoms with Crippen LogP contribution in [0, 0.1) is 17.0 Å². The predicted octanol–water partition coefficient (Wildman–Crippen LogP) is 4.34. The third-order valence-electron chi connectivity index (χ3n) is 3.43. The summed E-state index contributed by atoms with van der Waals surface area (Å²) in [6.45, 7) is 3.87. The molecule has 0 unspecified atom stereocenters. The lowest BCUT2D eigenvalue weighted by molar-refractivity contribution is -0.384. The quantitative estimate of drug-likeness (QED) is 0.632. The van der Waals surface area contributed by atoms with Gasteiger partial charge in [-0.15, -0.1) is 11.8 Å². The Morgan fingerprint density at radius 1 is 1.26 bits per heavy atom. The standard InChI is InChI=1S/C17H18N2O3S/c1-12-6-3-4-9-16(12)18-17(20)11-23-13(2)14-7-5-8-15(10-14)19(21)22/h3-10,13H,11H2,1-2H3,(H,18,20)/t13-/m0/s1. The Bertz CT molecular complexity index is 718. The summed E-state index contributed by atoms with van der Waals surface area (Å²) in [5.41, 5.74) is 2.73. The van der Waals surface area contributed by atoms with Crippen LogP contribution < -0.4 is 5.32 Å². The third kappa shape index (κ3) is 4.82. The molecule has 1 amide bonds. The summed E-state index contributed by atoms with van der Waals surface area (Å²) in [5.74, 6) is 0.208. The Morgan fingerprint density at radius 2 is 2.00 bits per heavy atom. The molecule has 0 aliphatic carbocycles. The molecule has 0 radical (unpaired) electrons. The van der Waals surface area contributed by atoms with Crippen LogP contribution in [0.25, 0.3) is 0 Å². The minimum atomic E-state index is -0.411. The van der Waals surface area contributed by atoms with Crippen molar-refractivity contribution >= 4 is 29.0 Å². The summed E-state index contributed by atoms with van der Waals surface area (Å²) < 4.78 is 0. The monoisotopic (exact) mass is 330 g/mol. The van der Waals surface area contributed by atoms with Crippen molar-refractivity contribution in [3.8, 4) is 0 Å². The molecule has 0 bridgehead atoms. The fraction of sp³-hybridized carbons (Fsp3) is 0.235. The number of carbonyl (C=O) groups excluding carboxylic acids is 1. The van der Waals surface area contributed by atoms with Gasteiger partial charge < -0.3 is 5.32 Å². The summed E-state index contributed by atoms with van der Waals surface area (Å²) in [6.07, 6.45) is 0.